The van der Waals surface area contributed by atoms with Crippen molar-refractivity contribution in [3.8, 4) is 0 Å². The lowest BCUT2D eigenvalue weighted by atomic mass is 9.75. The van der Waals surface area contributed by atoms with Gasteiger partial charge in [0.05, 0.1) is 5.92 Å². The Kier molecular flexibility index (Phi) is 6.96. The minimum Gasteiger partial charge on any atom is -0.354 e. The largest absolute Gasteiger partial charge is 0.354 e. The topological polar surface area (TPSA) is 58.4 Å². The molecule has 0 bridgehead atoms. The van der Waals surface area contributed by atoms with Crippen LogP contribution in [-0.2, 0) is 4.79 Å². The van der Waals surface area contributed by atoms with Crippen LogP contribution in [0.5, 0.6) is 0 Å². The number of nitrogens with two attached hydrogens (primary N) is 1. The molecular weight excluding hydrogens is 250 g/mol. The second kappa shape index (κ2) is 7.99. The number of nitrogens with zero attached hydrogens (tertiary/aromatic N) is 1. The zero-order chi connectivity index (χ0) is 15.2. The van der Waals surface area contributed by atoms with E-state index in [1.165, 1.54) is 25.7 Å². The maximum Gasteiger partial charge on any atom is 0.224 e. The predicted octanol–water partition coefficient (Wildman–Crippen LogP) is 1.99. The molecule has 1 aliphatic rings. The van der Waals surface area contributed by atoms with E-state index < -0.39 is 0 Å². The first-order valence-corrected chi connectivity index (χ1v) is 8.10. The highest BCUT2D eigenvalue weighted by molar-refractivity contribution is 5.78. The van der Waals surface area contributed by atoms with Gasteiger partial charge in [-0.15, -0.1) is 0 Å². The molecule has 4 heteroatoms. The molecule has 0 aromatic carbocycles. The highest BCUT2D eigenvalue weighted by Gasteiger charge is 2.37. The van der Waals surface area contributed by atoms with Crippen molar-refractivity contribution in [3.63, 3.8) is 0 Å². The van der Waals surface area contributed by atoms with Crippen molar-refractivity contribution in [1.82, 2.24) is 10.2 Å². The van der Waals surface area contributed by atoms with E-state index in [2.05, 4.69) is 38.2 Å². The molecule has 4 nitrogen and oxygen atoms in total. The lowest BCUT2D eigenvalue weighted by molar-refractivity contribution is -0.125. The number of amides is 1. The van der Waals surface area contributed by atoms with Gasteiger partial charge in [0.25, 0.3) is 0 Å². The van der Waals surface area contributed by atoms with Crippen molar-refractivity contribution in [3.05, 3.63) is 0 Å². The van der Waals surface area contributed by atoms with Crippen molar-refractivity contribution < 1.29 is 4.79 Å². The van der Waals surface area contributed by atoms with Gasteiger partial charge in [0.2, 0.25) is 5.91 Å². The Morgan fingerprint density at radius 3 is 2.70 bits per heavy atom. The standard InChI is InChI=1S/C16H33N3O/c1-5-7-14(11-17)15(20)18-12-16(19(3)4)9-6-8-13(2)10-16/h13-14H,5-12,17H2,1-4H3,(H,18,20). The lowest BCUT2D eigenvalue weighted by Crippen LogP contribution is -2.55. The third kappa shape index (κ3) is 4.45. The maximum absolute atomic E-state index is 12.2. The van der Waals surface area contributed by atoms with Crippen LogP contribution >= 0.6 is 0 Å². The van der Waals surface area contributed by atoms with Gasteiger partial charge in [-0.3, -0.25) is 4.79 Å². The molecule has 0 aromatic heterocycles. The molecule has 1 fully saturated rings. The molecular formula is C16H33N3O. The van der Waals surface area contributed by atoms with Crippen LogP contribution in [0.25, 0.3) is 0 Å². The van der Waals surface area contributed by atoms with Gasteiger partial charge in [0, 0.05) is 18.6 Å². The Labute approximate surface area is 124 Å². The number of nitrogens with one attached hydrogen (secondary N) is 1. The van der Waals surface area contributed by atoms with Crippen LogP contribution in [0, 0.1) is 11.8 Å². The van der Waals surface area contributed by atoms with Crippen LogP contribution < -0.4 is 11.1 Å². The van der Waals surface area contributed by atoms with Gasteiger partial charge in [-0.1, -0.05) is 33.1 Å². The summed E-state index contributed by atoms with van der Waals surface area (Å²) >= 11 is 0. The SMILES string of the molecule is CCCC(CN)C(=O)NCC1(N(C)C)CCCC(C)C1. The molecule has 1 aliphatic carbocycles. The highest BCUT2D eigenvalue weighted by atomic mass is 16.1. The summed E-state index contributed by atoms with van der Waals surface area (Å²) in [4.78, 5) is 14.5. The first-order chi connectivity index (χ1) is 9.45. The van der Waals surface area contributed by atoms with Crippen molar-refractivity contribution in [2.24, 2.45) is 17.6 Å². The smallest absolute Gasteiger partial charge is 0.224 e. The van der Waals surface area contributed by atoms with E-state index in [4.69, 9.17) is 5.73 Å². The molecule has 1 amide bonds. The Morgan fingerprint density at radius 2 is 2.20 bits per heavy atom. The normalized spacial score (nSPS) is 28.4. The monoisotopic (exact) mass is 283 g/mol. The highest BCUT2D eigenvalue weighted by Crippen LogP contribution is 2.35. The quantitative estimate of drug-likeness (QED) is 0.751. The molecule has 3 unspecified atom stereocenters. The van der Waals surface area contributed by atoms with E-state index >= 15 is 0 Å². The fraction of sp³-hybridized carbons (Fsp3) is 0.938. The number of carbonyl (C=O) groups excluding carboxylic acids is 1. The predicted molar refractivity (Wildman–Crippen MR) is 84.5 cm³/mol. The van der Waals surface area contributed by atoms with Gasteiger partial charge >= 0.3 is 0 Å². The van der Waals surface area contributed by atoms with Crippen LogP contribution in [0.15, 0.2) is 0 Å². The van der Waals surface area contributed by atoms with Crippen molar-refractivity contribution in [2.45, 2.75) is 57.9 Å². The molecule has 0 aliphatic heterocycles. The van der Waals surface area contributed by atoms with E-state index in [9.17, 15) is 4.79 Å². The van der Waals surface area contributed by atoms with Gasteiger partial charge in [0.1, 0.15) is 0 Å². The fourth-order valence-corrected chi connectivity index (χ4v) is 3.46. The van der Waals surface area contributed by atoms with Crippen molar-refractivity contribution in [2.75, 3.05) is 27.2 Å². The summed E-state index contributed by atoms with van der Waals surface area (Å²) in [7, 11) is 4.27. The maximum atomic E-state index is 12.2. The summed E-state index contributed by atoms with van der Waals surface area (Å²) < 4.78 is 0. The summed E-state index contributed by atoms with van der Waals surface area (Å²) in [6, 6.07) is 0. The molecule has 118 valence electrons. The van der Waals surface area contributed by atoms with E-state index in [0.29, 0.717) is 6.54 Å². The molecule has 1 saturated carbocycles. The average Bonchev–Trinajstić information content (AvgIpc) is 2.42. The van der Waals surface area contributed by atoms with E-state index in [1.54, 1.807) is 0 Å². The summed E-state index contributed by atoms with van der Waals surface area (Å²) in [5.74, 6) is 0.845. The number of hydrogen-bond acceptors (Lipinski definition) is 3. The van der Waals surface area contributed by atoms with Crippen LogP contribution in [0.1, 0.15) is 52.4 Å². The zero-order valence-electron chi connectivity index (χ0n) is 13.7. The minimum absolute atomic E-state index is 0.0276. The van der Waals surface area contributed by atoms with Gasteiger partial charge in [-0.2, -0.15) is 0 Å². The Balaban J connectivity index is 2.61. The molecule has 0 heterocycles. The lowest BCUT2D eigenvalue weighted by Gasteiger charge is -2.45. The second-order valence-electron chi connectivity index (χ2n) is 6.76. The minimum atomic E-state index is -0.0276. The third-order valence-corrected chi connectivity index (χ3v) is 4.90. The van der Waals surface area contributed by atoms with Crippen molar-refractivity contribution in [1.29, 1.82) is 0 Å². The van der Waals surface area contributed by atoms with Crippen LogP contribution in [0.2, 0.25) is 0 Å². The van der Waals surface area contributed by atoms with E-state index in [1.807, 2.05) is 0 Å². The molecule has 0 radical (unpaired) electrons. The number of carbonyl (C=O) groups is 1. The Morgan fingerprint density at radius 1 is 1.50 bits per heavy atom. The summed E-state index contributed by atoms with van der Waals surface area (Å²) in [5.41, 5.74) is 5.84. The van der Waals surface area contributed by atoms with Gasteiger partial charge < -0.3 is 16.0 Å². The molecule has 20 heavy (non-hydrogen) atoms. The first kappa shape index (κ1) is 17.4. The molecule has 3 atom stereocenters. The summed E-state index contributed by atoms with van der Waals surface area (Å²) in [6.45, 7) is 5.62. The second-order valence-corrected chi connectivity index (χ2v) is 6.76. The van der Waals surface area contributed by atoms with Gasteiger partial charge in [0.15, 0.2) is 0 Å². The fourth-order valence-electron chi connectivity index (χ4n) is 3.46. The van der Waals surface area contributed by atoms with Crippen LogP contribution in [0.4, 0.5) is 0 Å². The molecule has 0 saturated heterocycles. The van der Waals surface area contributed by atoms with Crippen molar-refractivity contribution >= 4 is 5.91 Å². The third-order valence-electron chi connectivity index (χ3n) is 4.90. The summed E-state index contributed by atoms with van der Waals surface area (Å²) in [6.07, 6.45) is 6.79. The molecule has 3 N–H and O–H groups in total. The van der Waals surface area contributed by atoms with Gasteiger partial charge in [-0.25, -0.2) is 0 Å². The Hall–Kier alpha value is -0.610. The Bertz CT molecular complexity index is 306. The van der Waals surface area contributed by atoms with Crippen LogP contribution in [-0.4, -0.2) is 43.5 Å². The molecule has 0 spiro atoms. The molecule has 0 aromatic rings. The van der Waals surface area contributed by atoms with E-state index in [-0.39, 0.29) is 17.4 Å². The van der Waals surface area contributed by atoms with E-state index in [0.717, 1.165) is 25.3 Å². The first-order valence-electron chi connectivity index (χ1n) is 8.10. The average molecular weight is 283 g/mol. The molecule has 1 rings (SSSR count). The summed E-state index contributed by atoms with van der Waals surface area (Å²) in [5, 5.41) is 3.17. The van der Waals surface area contributed by atoms with Gasteiger partial charge in [-0.05, 0) is 39.3 Å². The zero-order valence-corrected chi connectivity index (χ0v) is 13.7. The number of hydrogen-bond donors (Lipinski definition) is 2. The number of rotatable bonds is 7. The number of likely N-dealkylation sites (N-methyl/N-ethyl adjacent to an activating group) is 1. The van der Waals surface area contributed by atoms with Crippen LogP contribution in [0.3, 0.4) is 0 Å².